The molecule has 0 aliphatic carbocycles. The van der Waals surface area contributed by atoms with Gasteiger partial charge in [0.05, 0.1) is 11.9 Å². The zero-order valence-electron chi connectivity index (χ0n) is 14.4. The Morgan fingerprint density at radius 3 is 2.52 bits per heavy atom. The van der Waals surface area contributed by atoms with E-state index in [-0.39, 0.29) is 5.91 Å². The van der Waals surface area contributed by atoms with Gasteiger partial charge in [0.2, 0.25) is 0 Å². The van der Waals surface area contributed by atoms with Gasteiger partial charge in [-0.05, 0) is 5.56 Å². The van der Waals surface area contributed by atoms with Gasteiger partial charge in [0.15, 0.2) is 0 Å². The lowest BCUT2D eigenvalue weighted by molar-refractivity contribution is 0.0945. The third-order valence-corrected chi connectivity index (χ3v) is 4.91. The summed E-state index contributed by atoms with van der Waals surface area (Å²) in [4.78, 5) is 24.6. The van der Waals surface area contributed by atoms with E-state index in [0.717, 1.165) is 27.4 Å². The van der Waals surface area contributed by atoms with Crippen molar-refractivity contribution in [3.8, 4) is 21.8 Å². The summed E-state index contributed by atoms with van der Waals surface area (Å²) in [5.74, 6) is -0.236. The molecule has 0 bridgehead atoms. The number of carbonyl (C=O) groups is 1. The van der Waals surface area contributed by atoms with Crippen molar-refractivity contribution in [2.45, 2.75) is 6.54 Å². The average Bonchev–Trinajstić information content (AvgIpc) is 3.24. The number of thiazole rings is 1. The van der Waals surface area contributed by atoms with Crippen molar-refractivity contribution < 1.29 is 4.79 Å². The molecule has 1 N–H and O–H groups in total. The number of nitrogens with zero attached hydrogens (tertiary/aromatic N) is 3. The minimum atomic E-state index is -0.236. The van der Waals surface area contributed by atoms with E-state index in [1.54, 1.807) is 11.3 Å². The second-order valence-electron chi connectivity index (χ2n) is 5.87. The van der Waals surface area contributed by atoms with Gasteiger partial charge in [-0.3, -0.25) is 9.78 Å². The number of aromatic nitrogens is 3. The van der Waals surface area contributed by atoms with Gasteiger partial charge >= 0.3 is 0 Å². The quantitative estimate of drug-likeness (QED) is 0.570. The number of amides is 1. The molecule has 0 unspecified atom stereocenters. The first-order valence-corrected chi connectivity index (χ1v) is 9.32. The highest BCUT2D eigenvalue weighted by Crippen LogP contribution is 2.28. The van der Waals surface area contributed by atoms with E-state index in [2.05, 4.69) is 32.8 Å². The zero-order chi connectivity index (χ0) is 18.5. The third-order valence-electron chi connectivity index (χ3n) is 4.02. The van der Waals surface area contributed by atoms with Crippen molar-refractivity contribution >= 4 is 17.2 Å². The highest BCUT2D eigenvalue weighted by molar-refractivity contribution is 7.13. The summed E-state index contributed by atoms with van der Waals surface area (Å²) in [6.07, 6.45) is 4.49. The SMILES string of the molecule is O=C(NCc1ccc(-c2nc(-c3ccccc3)cs2)cc1)c1cnccn1. The Kier molecular flexibility index (Phi) is 4.98. The highest BCUT2D eigenvalue weighted by Gasteiger charge is 2.08. The smallest absolute Gasteiger partial charge is 0.271 e. The molecule has 6 heteroatoms. The lowest BCUT2D eigenvalue weighted by atomic mass is 10.1. The molecule has 0 aliphatic rings. The normalized spacial score (nSPS) is 10.5. The Labute approximate surface area is 160 Å². The predicted molar refractivity (Wildman–Crippen MR) is 106 cm³/mol. The lowest BCUT2D eigenvalue weighted by Gasteiger charge is -2.05. The number of rotatable bonds is 5. The van der Waals surface area contributed by atoms with Crippen LogP contribution in [0.3, 0.4) is 0 Å². The monoisotopic (exact) mass is 372 g/mol. The average molecular weight is 372 g/mol. The van der Waals surface area contributed by atoms with E-state index in [9.17, 15) is 4.79 Å². The van der Waals surface area contributed by atoms with Crippen LogP contribution in [0, 0.1) is 0 Å². The molecule has 0 aliphatic heterocycles. The van der Waals surface area contributed by atoms with Crippen molar-refractivity contribution in [2.75, 3.05) is 0 Å². The van der Waals surface area contributed by atoms with Crippen LogP contribution in [0.4, 0.5) is 0 Å². The molecule has 0 atom stereocenters. The molecule has 0 fully saturated rings. The van der Waals surface area contributed by atoms with E-state index < -0.39 is 0 Å². The van der Waals surface area contributed by atoms with E-state index in [1.807, 2.05) is 42.5 Å². The van der Waals surface area contributed by atoms with Gasteiger partial charge in [-0.25, -0.2) is 9.97 Å². The van der Waals surface area contributed by atoms with E-state index in [0.29, 0.717) is 12.2 Å². The van der Waals surface area contributed by atoms with Crippen molar-refractivity contribution in [2.24, 2.45) is 0 Å². The number of hydrogen-bond donors (Lipinski definition) is 1. The molecule has 2 heterocycles. The van der Waals surface area contributed by atoms with Gasteiger partial charge in [0.25, 0.3) is 5.91 Å². The van der Waals surface area contributed by atoms with Gasteiger partial charge < -0.3 is 5.32 Å². The lowest BCUT2D eigenvalue weighted by Crippen LogP contribution is -2.23. The number of benzene rings is 2. The Hall–Kier alpha value is -3.38. The Balaban J connectivity index is 1.42. The molecule has 0 saturated heterocycles. The molecule has 0 spiro atoms. The Bertz CT molecular complexity index is 1030. The second kappa shape index (κ2) is 7.88. The van der Waals surface area contributed by atoms with Crippen LogP contribution < -0.4 is 5.32 Å². The molecule has 1 amide bonds. The van der Waals surface area contributed by atoms with Crippen LogP contribution in [0.15, 0.2) is 78.6 Å². The summed E-state index contributed by atoms with van der Waals surface area (Å²) in [7, 11) is 0. The first kappa shape index (κ1) is 17.1. The largest absolute Gasteiger partial charge is 0.347 e. The summed E-state index contributed by atoms with van der Waals surface area (Å²) in [6, 6.07) is 18.2. The Morgan fingerprint density at radius 2 is 1.78 bits per heavy atom. The molecule has 4 aromatic rings. The maximum Gasteiger partial charge on any atom is 0.271 e. The Morgan fingerprint density at radius 1 is 0.963 bits per heavy atom. The van der Waals surface area contributed by atoms with Gasteiger partial charge in [0, 0.05) is 35.4 Å². The van der Waals surface area contributed by atoms with E-state index in [1.165, 1.54) is 18.6 Å². The standard InChI is InChI=1S/C21H16N4OS/c26-20(18-13-22-10-11-23-18)24-12-15-6-8-17(9-7-15)21-25-19(14-27-21)16-4-2-1-3-5-16/h1-11,13-14H,12H2,(H,24,26). The third kappa shape index (κ3) is 4.07. The molecule has 132 valence electrons. The molecular weight excluding hydrogens is 356 g/mol. The number of carbonyl (C=O) groups excluding carboxylic acids is 1. The first-order valence-electron chi connectivity index (χ1n) is 8.44. The topological polar surface area (TPSA) is 67.8 Å². The van der Waals surface area contributed by atoms with Crippen molar-refractivity contribution in [3.63, 3.8) is 0 Å². The molecule has 0 radical (unpaired) electrons. The van der Waals surface area contributed by atoms with Crippen molar-refractivity contribution in [1.29, 1.82) is 0 Å². The second-order valence-corrected chi connectivity index (χ2v) is 6.73. The summed E-state index contributed by atoms with van der Waals surface area (Å²) >= 11 is 1.62. The predicted octanol–water partition coefficient (Wildman–Crippen LogP) is 4.20. The number of nitrogens with one attached hydrogen (secondary N) is 1. The van der Waals surface area contributed by atoms with Crippen LogP contribution in [-0.2, 0) is 6.54 Å². The summed E-state index contributed by atoms with van der Waals surface area (Å²) in [5, 5.41) is 5.89. The van der Waals surface area contributed by atoms with Crippen LogP contribution in [0.5, 0.6) is 0 Å². The molecule has 0 saturated carbocycles. The molecule has 27 heavy (non-hydrogen) atoms. The van der Waals surface area contributed by atoms with Crippen LogP contribution in [0.25, 0.3) is 21.8 Å². The minimum absolute atomic E-state index is 0.236. The van der Waals surface area contributed by atoms with Gasteiger partial charge in [-0.1, -0.05) is 54.6 Å². The van der Waals surface area contributed by atoms with Crippen LogP contribution >= 0.6 is 11.3 Å². The van der Waals surface area contributed by atoms with Crippen LogP contribution in [0.1, 0.15) is 16.1 Å². The summed E-state index contributed by atoms with van der Waals surface area (Å²) in [6.45, 7) is 0.433. The van der Waals surface area contributed by atoms with E-state index in [4.69, 9.17) is 4.98 Å². The van der Waals surface area contributed by atoms with Crippen LogP contribution in [0.2, 0.25) is 0 Å². The maximum absolute atomic E-state index is 12.0. The molecule has 2 aromatic heterocycles. The van der Waals surface area contributed by atoms with Gasteiger partial charge in [-0.2, -0.15) is 0 Å². The fraction of sp³-hybridized carbons (Fsp3) is 0.0476. The van der Waals surface area contributed by atoms with Crippen molar-refractivity contribution in [1.82, 2.24) is 20.3 Å². The van der Waals surface area contributed by atoms with Gasteiger partial charge in [-0.15, -0.1) is 11.3 Å². The molecular formula is C21H16N4OS. The minimum Gasteiger partial charge on any atom is -0.347 e. The fourth-order valence-corrected chi connectivity index (χ4v) is 3.44. The number of hydrogen-bond acceptors (Lipinski definition) is 5. The molecule has 5 nitrogen and oxygen atoms in total. The zero-order valence-corrected chi connectivity index (χ0v) is 15.2. The fourth-order valence-electron chi connectivity index (χ4n) is 2.60. The van der Waals surface area contributed by atoms with Crippen LogP contribution in [-0.4, -0.2) is 20.9 Å². The van der Waals surface area contributed by atoms with E-state index >= 15 is 0 Å². The van der Waals surface area contributed by atoms with Gasteiger partial charge in [0.1, 0.15) is 10.7 Å². The van der Waals surface area contributed by atoms with Crippen molar-refractivity contribution in [3.05, 3.63) is 89.8 Å². The molecule has 2 aromatic carbocycles. The maximum atomic E-state index is 12.0. The first-order chi connectivity index (χ1) is 13.3. The summed E-state index contributed by atoms with van der Waals surface area (Å²) < 4.78 is 0. The summed E-state index contributed by atoms with van der Waals surface area (Å²) in [5.41, 5.74) is 4.48. The highest BCUT2D eigenvalue weighted by atomic mass is 32.1. The molecule has 4 rings (SSSR count).